The molecule has 7 nitrogen and oxygen atoms in total. The highest BCUT2D eigenvalue weighted by Gasteiger charge is 2.15. The molecule has 0 fully saturated rings. The molecule has 0 heterocycles. The van der Waals surface area contributed by atoms with Crippen molar-refractivity contribution in [3.63, 3.8) is 0 Å². The first kappa shape index (κ1) is 16.9. The highest BCUT2D eigenvalue weighted by Crippen LogP contribution is 2.13. The van der Waals surface area contributed by atoms with E-state index in [2.05, 4.69) is 9.44 Å². The lowest BCUT2D eigenvalue weighted by Gasteiger charge is -2.09. The number of nitrogens with two attached hydrogens (primary N) is 1. The van der Waals surface area contributed by atoms with Gasteiger partial charge < -0.3 is 5.73 Å². The van der Waals surface area contributed by atoms with Crippen LogP contribution in [0, 0.1) is 0 Å². The Morgan fingerprint density at radius 2 is 1.70 bits per heavy atom. The molecule has 114 valence electrons. The smallest absolute Gasteiger partial charge is 0.215 e. The Morgan fingerprint density at radius 3 is 2.30 bits per heavy atom. The van der Waals surface area contributed by atoms with Crippen LogP contribution >= 0.6 is 0 Å². The summed E-state index contributed by atoms with van der Waals surface area (Å²) >= 11 is 0. The molecule has 1 rings (SSSR count). The Bertz CT molecular complexity index is 641. The molecule has 0 saturated carbocycles. The van der Waals surface area contributed by atoms with Gasteiger partial charge in [-0.25, -0.2) is 26.3 Å². The summed E-state index contributed by atoms with van der Waals surface area (Å²) in [5.74, 6) is -0.578. The first-order chi connectivity index (χ1) is 9.26. The number of rotatable bonds is 8. The summed E-state index contributed by atoms with van der Waals surface area (Å²) in [5.41, 5.74) is 6.54. The molecular weight excluding hydrogens is 302 g/mol. The molecule has 0 aliphatic carbocycles. The number of sulfonamides is 2. The standard InChI is InChI=1S/C11H19N3O4S2/c1-2-13-19(15,16)8-7-14-20(17,18)9-10-5-3-4-6-11(10)12/h3-6,13-14H,2,7-9,12H2,1H3. The zero-order valence-electron chi connectivity index (χ0n) is 11.2. The van der Waals surface area contributed by atoms with Crippen LogP contribution in [0.1, 0.15) is 12.5 Å². The summed E-state index contributed by atoms with van der Waals surface area (Å²) in [7, 11) is -7.05. The van der Waals surface area contributed by atoms with Gasteiger partial charge in [0.1, 0.15) is 0 Å². The topological polar surface area (TPSA) is 118 Å². The van der Waals surface area contributed by atoms with E-state index in [1.165, 1.54) is 0 Å². The maximum absolute atomic E-state index is 11.8. The van der Waals surface area contributed by atoms with Crippen molar-refractivity contribution in [2.45, 2.75) is 12.7 Å². The van der Waals surface area contributed by atoms with Crippen LogP contribution in [0.15, 0.2) is 24.3 Å². The quantitative estimate of drug-likeness (QED) is 0.564. The van der Waals surface area contributed by atoms with Gasteiger partial charge in [0.2, 0.25) is 20.0 Å². The number of para-hydroxylation sites is 1. The number of nitrogens with one attached hydrogen (secondary N) is 2. The van der Waals surface area contributed by atoms with Crippen molar-refractivity contribution in [1.82, 2.24) is 9.44 Å². The van der Waals surface area contributed by atoms with Crippen LogP contribution in [-0.2, 0) is 25.8 Å². The van der Waals surface area contributed by atoms with E-state index in [0.29, 0.717) is 11.3 Å². The second kappa shape index (κ2) is 7.02. The second-order valence-corrected chi connectivity index (χ2v) is 7.90. The normalized spacial score (nSPS) is 12.4. The van der Waals surface area contributed by atoms with Gasteiger partial charge in [0.25, 0.3) is 0 Å². The number of anilines is 1. The van der Waals surface area contributed by atoms with Crippen LogP contribution in [0.4, 0.5) is 5.69 Å². The summed E-state index contributed by atoms with van der Waals surface area (Å²) in [6.45, 7) is 1.75. The van der Waals surface area contributed by atoms with Gasteiger partial charge in [0.05, 0.1) is 11.5 Å². The van der Waals surface area contributed by atoms with E-state index in [0.717, 1.165) is 0 Å². The maximum atomic E-state index is 11.8. The van der Waals surface area contributed by atoms with E-state index in [9.17, 15) is 16.8 Å². The molecule has 0 spiro atoms. The van der Waals surface area contributed by atoms with E-state index in [-0.39, 0.29) is 24.6 Å². The lowest BCUT2D eigenvalue weighted by Crippen LogP contribution is -2.34. The van der Waals surface area contributed by atoms with Crippen molar-refractivity contribution in [1.29, 1.82) is 0 Å². The molecule has 20 heavy (non-hydrogen) atoms. The van der Waals surface area contributed by atoms with E-state index in [1.54, 1.807) is 31.2 Å². The van der Waals surface area contributed by atoms with Crippen molar-refractivity contribution in [3.8, 4) is 0 Å². The van der Waals surface area contributed by atoms with Crippen LogP contribution in [0.3, 0.4) is 0 Å². The van der Waals surface area contributed by atoms with Gasteiger partial charge in [-0.05, 0) is 11.6 Å². The maximum Gasteiger partial charge on any atom is 0.215 e. The minimum Gasteiger partial charge on any atom is -0.398 e. The molecule has 1 aromatic carbocycles. The molecule has 4 N–H and O–H groups in total. The summed E-state index contributed by atoms with van der Waals surface area (Å²) in [4.78, 5) is 0. The molecule has 0 bridgehead atoms. The number of benzene rings is 1. The average Bonchev–Trinajstić information content (AvgIpc) is 2.31. The third kappa shape index (κ3) is 5.87. The largest absolute Gasteiger partial charge is 0.398 e. The average molecular weight is 321 g/mol. The molecule has 0 radical (unpaired) electrons. The molecule has 9 heteroatoms. The predicted octanol–water partition coefficient (Wildman–Crippen LogP) is -0.372. The molecule has 0 atom stereocenters. The predicted molar refractivity (Wildman–Crippen MR) is 78.9 cm³/mol. The number of hydrogen-bond donors (Lipinski definition) is 3. The molecule has 0 unspecified atom stereocenters. The van der Waals surface area contributed by atoms with E-state index in [1.807, 2.05) is 0 Å². The van der Waals surface area contributed by atoms with Crippen LogP contribution < -0.4 is 15.2 Å². The molecular formula is C11H19N3O4S2. The summed E-state index contributed by atoms with van der Waals surface area (Å²) in [6.07, 6.45) is 0. The van der Waals surface area contributed by atoms with Crippen molar-refractivity contribution < 1.29 is 16.8 Å². The Hall–Kier alpha value is -1.16. The minimum absolute atomic E-state index is 0.176. The Kier molecular flexibility index (Phi) is 5.93. The van der Waals surface area contributed by atoms with Crippen LogP contribution in [-0.4, -0.2) is 35.7 Å². The minimum atomic E-state index is -3.62. The highest BCUT2D eigenvalue weighted by molar-refractivity contribution is 7.90. The molecule has 0 aromatic heterocycles. The van der Waals surface area contributed by atoms with Gasteiger partial charge in [-0.1, -0.05) is 25.1 Å². The third-order valence-electron chi connectivity index (χ3n) is 2.46. The Labute approximate surface area is 119 Å². The summed E-state index contributed by atoms with van der Waals surface area (Å²) < 4.78 is 50.9. The monoisotopic (exact) mass is 321 g/mol. The second-order valence-electron chi connectivity index (χ2n) is 4.17. The molecule has 0 aliphatic heterocycles. The van der Waals surface area contributed by atoms with Crippen LogP contribution in [0.2, 0.25) is 0 Å². The van der Waals surface area contributed by atoms with Crippen molar-refractivity contribution >= 4 is 25.7 Å². The summed E-state index contributed by atoms with van der Waals surface area (Å²) in [5, 5.41) is 0. The SMILES string of the molecule is CCNS(=O)(=O)CCNS(=O)(=O)Cc1ccccc1N. The Balaban J connectivity index is 2.57. The van der Waals surface area contributed by atoms with Crippen molar-refractivity contribution in [2.24, 2.45) is 0 Å². The first-order valence-electron chi connectivity index (χ1n) is 6.04. The molecule has 0 amide bonds. The highest BCUT2D eigenvalue weighted by atomic mass is 32.2. The van der Waals surface area contributed by atoms with Gasteiger partial charge in [-0.3, -0.25) is 0 Å². The van der Waals surface area contributed by atoms with Gasteiger partial charge in [0, 0.05) is 18.8 Å². The van der Waals surface area contributed by atoms with Gasteiger partial charge in [0.15, 0.2) is 0 Å². The zero-order valence-corrected chi connectivity index (χ0v) is 12.8. The summed E-state index contributed by atoms with van der Waals surface area (Å²) in [6, 6.07) is 6.63. The molecule has 0 aliphatic rings. The molecule has 0 saturated heterocycles. The van der Waals surface area contributed by atoms with Gasteiger partial charge >= 0.3 is 0 Å². The fourth-order valence-electron chi connectivity index (χ4n) is 1.55. The van der Waals surface area contributed by atoms with Crippen molar-refractivity contribution in [3.05, 3.63) is 29.8 Å². The lowest BCUT2D eigenvalue weighted by molar-refractivity contribution is 0.576. The van der Waals surface area contributed by atoms with E-state index >= 15 is 0 Å². The lowest BCUT2D eigenvalue weighted by atomic mass is 10.2. The third-order valence-corrected chi connectivity index (χ3v) is 5.26. The number of nitrogen functional groups attached to an aromatic ring is 1. The Morgan fingerprint density at radius 1 is 1.05 bits per heavy atom. The van der Waals surface area contributed by atoms with Crippen molar-refractivity contribution in [2.75, 3.05) is 24.6 Å². The van der Waals surface area contributed by atoms with E-state index in [4.69, 9.17) is 5.73 Å². The first-order valence-corrected chi connectivity index (χ1v) is 9.34. The number of hydrogen-bond acceptors (Lipinski definition) is 5. The van der Waals surface area contributed by atoms with Gasteiger partial charge in [-0.2, -0.15) is 0 Å². The van der Waals surface area contributed by atoms with Crippen LogP contribution in [0.5, 0.6) is 0 Å². The molecule has 1 aromatic rings. The van der Waals surface area contributed by atoms with Crippen LogP contribution in [0.25, 0.3) is 0 Å². The zero-order chi connectivity index (χ0) is 15.2. The fraction of sp³-hybridized carbons (Fsp3) is 0.455. The van der Waals surface area contributed by atoms with Gasteiger partial charge in [-0.15, -0.1) is 0 Å². The fourth-order valence-corrected chi connectivity index (χ4v) is 3.82. The van der Waals surface area contributed by atoms with E-state index < -0.39 is 20.0 Å².